The van der Waals surface area contributed by atoms with Crippen molar-refractivity contribution in [2.45, 2.75) is 6.92 Å². The number of amides is 1. The predicted molar refractivity (Wildman–Crippen MR) is 62.4 cm³/mol. The highest BCUT2D eigenvalue weighted by molar-refractivity contribution is 9.10. The van der Waals surface area contributed by atoms with Crippen LogP contribution in [-0.4, -0.2) is 11.7 Å². The number of ketones is 1. The molecule has 16 heavy (non-hydrogen) atoms. The Morgan fingerprint density at radius 2 is 2.06 bits per heavy atom. The largest absolute Gasteiger partial charge is 0.452 e. The van der Waals surface area contributed by atoms with E-state index in [1.54, 1.807) is 18.2 Å². The first kappa shape index (κ1) is 10.9. The van der Waals surface area contributed by atoms with Gasteiger partial charge in [0.15, 0.2) is 11.5 Å². The summed E-state index contributed by atoms with van der Waals surface area (Å²) in [5.41, 5.74) is 5.86. The van der Waals surface area contributed by atoms with Gasteiger partial charge < -0.3 is 10.2 Å². The Morgan fingerprint density at radius 3 is 2.62 bits per heavy atom. The van der Waals surface area contributed by atoms with E-state index in [2.05, 4.69) is 15.9 Å². The van der Waals surface area contributed by atoms with Crippen molar-refractivity contribution in [1.82, 2.24) is 0 Å². The molecule has 2 aromatic rings. The molecule has 0 fully saturated rings. The topological polar surface area (TPSA) is 73.3 Å². The molecule has 0 radical (unpaired) electrons. The third kappa shape index (κ3) is 1.63. The highest BCUT2D eigenvalue weighted by Crippen LogP contribution is 2.28. The third-order valence-electron chi connectivity index (χ3n) is 2.22. The van der Waals surface area contributed by atoms with E-state index in [0.717, 1.165) is 4.47 Å². The summed E-state index contributed by atoms with van der Waals surface area (Å²) in [5, 5.41) is 0.548. The number of benzene rings is 1. The molecule has 1 aromatic heterocycles. The fraction of sp³-hybridized carbons (Fsp3) is 0.0909. The van der Waals surface area contributed by atoms with Crippen LogP contribution in [0.15, 0.2) is 27.1 Å². The van der Waals surface area contributed by atoms with Crippen LogP contribution >= 0.6 is 15.9 Å². The van der Waals surface area contributed by atoms with Gasteiger partial charge in [0.2, 0.25) is 0 Å². The van der Waals surface area contributed by atoms with Gasteiger partial charge in [0.05, 0.1) is 5.56 Å². The number of furan rings is 1. The first-order valence-corrected chi connectivity index (χ1v) is 5.33. The van der Waals surface area contributed by atoms with Crippen molar-refractivity contribution in [3.63, 3.8) is 0 Å². The molecule has 1 aromatic carbocycles. The fourth-order valence-electron chi connectivity index (χ4n) is 1.56. The van der Waals surface area contributed by atoms with E-state index in [1.165, 1.54) is 6.92 Å². The van der Waals surface area contributed by atoms with Gasteiger partial charge >= 0.3 is 0 Å². The van der Waals surface area contributed by atoms with Gasteiger partial charge in [-0.2, -0.15) is 0 Å². The second kappa shape index (κ2) is 3.75. The molecular formula is C11H8BrNO3. The lowest BCUT2D eigenvalue weighted by atomic mass is 10.1. The number of carbonyl (C=O) groups is 2. The Hall–Kier alpha value is -1.62. The summed E-state index contributed by atoms with van der Waals surface area (Å²) in [4.78, 5) is 22.6. The molecule has 0 aliphatic carbocycles. The van der Waals surface area contributed by atoms with Crippen LogP contribution < -0.4 is 5.73 Å². The summed E-state index contributed by atoms with van der Waals surface area (Å²) in [5.74, 6) is -0.969. The Morgan fingerprint density at radius 1 is 1.38 bits per heavy atom. The average Bonchev–Trinajstić information content (AvgIpc) is 2.55. The van der Waals surface area contributed by atoms with Gasteiger partial charge in [0.1, 0.15) is 5.58 Å². The number of Topliss-reactive ketones (excluding diaryl/α,β-unsaturated/α-hetero) is 1. The number of fused-ring (bicyclic) bond motifs is 1. The lowest BCUT2D eigenvalue weighted by molar-refractivity contribution is 0.0958. The first-order valence-electron chi connectivity index (χ1n) is 4.53. The van der Waals surface area contributed by atoms with E-state index < -0.39 is 5.91 Å². The van der Waals surface area contributed by atoms with E-state index in [-0.39, 0.29) is 17.1 Å². The second-order valence-electron chi connectivity index (χ2n) is 3.37. The smallest absolute Gasteiger partial charge is 0.253 e. The van der Waals surface area contributed by atoms with E-state index in [9.17, 15) is 9.59 Å². The van der Waals surface area contributed by atoms with Gasteiger partial charge in [-0.05, 0) is 18.2 Å². The Bertz CT molecular complexity index is 601. The maximum Gasteiger partial charge on any atom is 0.253 e. The highest BCUT2D eigenvalue weighted by atomic mass is 79.9. The van der Waals surface area contributed by atoms with Crippen LogP contribution in [0.4, 0.5) is 0 Å². The van der Waals surface area contributed by atoms with Crippen LogP contribution in [0.25, 0.3) is 11.0 Å². The number of hydrogen-bond donors (Lipinski definition) is 1. The molecule has 4 nitrogen and oxygen atoms in total. The maximum atomic E-state index is 11.3. The highest BCUT2D eigenvalue weighted by Gasteiger charge is 2.21. The molecule has 2 N–H and O–H groups in total. The zero-order chi connectivity index (χ0) is 11.9. The van der Waals surface area contributed by atoms with Crippen molar-refractivity contribution in [2.24, 2.45) is 5.73 Å². The quantitative estimate of drug-likeness (QED) is 0.860. The Balaban J connectivity index is 2.88. The van der Waals surface area contributed by atoms with Gasteiger partial charge in [-0.15, -0.1) is 0 Å². The number of halogens is 1. The molecule has 82 valence electrons. The van der Waals surface area contributed by atoms with Crippen LogP contribution in [0.3, 0.4) is 0 Å². The molecule has 0 saturated carbocycles. The fourth-order valence-corrected chi connectivity index (χ4v) is 1.92. The summed E-state index contributed by atoms with van der Waals surface area (Å²) in [7, 11) is 0. The van der Waals surface area contributed by atoms with Gasteiger partial charge in [-0.1, -0.05) is 15.9 Å². The van der Waals surface area contributed by atoms with Crippen molar-refractivity contribution >= 4 is 38.6 Å². The predicted octanol–water partition coefficient (Wildman–Crippen LogP) is 2.50. The van der Waals surface area contributed by atoms with Gasteiger partial charge in [0.25, 0.3) is 5.91 Å². The van der Waals surface area contributed by atoms with Crippen LogP contribution in [0.2, 0.25) is 0 Å². The van der Waals surface area contributed by atoms with Crippen molar-refractivity contribution in [2.75, 3.05) is 0 Å². The maximum absolute atomic E-state index is 11.3. The molecule has 0 aliphatic heterocycles. The molecule has 0 saturated heterocycles. The summed E-state index contributed by atoms with van der Waals surface area (Å²) in [6, 6.07) is 5.14. The number of hydrogen-bond acceptors (Lipinski definition) is 3. The normalized spacial score (nSPS) is 10.6. The standard InChI is InChI=1S/C11H8BrNO3/c1-5(14)10-9(11(13)15)7-4-6(12)2-3-8(7)16-10/h2-4H,1H3,(H2,13,15). The average molecular weight is 282 g/mol. The van der Waals surface area contributed by atoms with Crippen molar-refractivity contribution in [3.8, 4) is 0 Å². The monoisotopic (exact) mass is 281 g/mol. The molecule has 0 aliphatic rings. The van der Waals surface area contributed by atoms with E-state index >= 15 is 0 Å². The molecule has 5 heteroatoms. The molecular weight excluding hydrogens is 274 g/mol. The van der Waals surface area contributed by atoms with Crippen molar-refractivity contribution in [3.05, 3.63) is 34.0 Å². The lowest BCUT2D eigenvalue weighted by Gasteiger charge is -1.94. The molecule has 0 spiro atoms. The van der Waals surface area contributed by atoms with Gasteiger partial charge in [-0.25, -0.2) is 0 Å². The number of nitrogens with two attached hydrogens (primary N) is 1. The number of primary amides is 1. The minimum Gasteiger partial charge on any atom is -0.452 e. The van der Waals surface area contributed by atoms with E-state index in [1.807, 2.05) is 0 Å². The molecule has 1 amide bonds. The zero-order valence-electron chi connectivity index (χ0n) is 8.41. The molecule has 2 rings (SSSR count). The summed E-state index contributed by atoms with van der Waals surface area (Å²) in [6.07, 6.45) is 0. The van der Waals surface area contributed by atoms with Crippen LogP contribution in [-0.2, 0) is 0 Å². The summed E-state index contributed by atoms with van der Waals surface area (Å²) in [6.45, 7) is 1.33. The molecule has 0 bridgehead atoms. The Kier molecular flexibility index (Phi) is 2.55. The minimum absolute atomic E-state index is 0.0144. The second-order valence-corrected chi connectivity index (χ2v) is 4.28. The molecule has 0 atom stereocenters. The van der Waals surface area contributed by atoms with Crippen LogP contribution in [0, 0.1) is 0 Å². The van der Waals surface area contributed by atoms with Crippen LogP contribution in [0.1, 0.15) is 27.8 Å². The summed E-state index contributed by atoms with van der Waals surface area (Å²) < 4.78 is 6.10. The van der Waals surface area contributed by atoms with E-state index in [0.29, 0.717) is 11.0 Å². The SMILES string of the molecule is CC(=O)c1oc2ccc(Br)cc2c1C(N)=O. The lowest BCUT2D eigenvalue weighted by Crippen LogP contribution is -2.13. The van der Waals surface area contributed by atoms with Gasteiger partial charge in [-0.3, -0.25) is 9.59 Å². The van der Waals surface area contributed by atoms with Crippen molar-refractivity contribution < 1.29 is 14.0 Å². The molecule has 0 unspecified atom stereocenters. The summed E-state index contributed by atoms with van der Waals surface area (Å²) >= 11 is 3.28. The van der Waals surface area contributed by atoms with Crippen LogP contribution in [0.5, 0.6) is 0 Å². The Labute approximate surface area is 99.5 Å². The molecule has 1 heterocycles. The first-order chi connectivity index (χ1) is 7.50. The minimum atomic E-state index is -0.665. The third-order valence-corrected chi connectivity index (χ3v) is 2.71. The zero-order valence-corrected chi connectivity index (χ0v) is 10.00. The number of carbonyl (C=O) groups excluding carboxylic acids is 2. The van der Waals surface area contributed by atoms with E-state index in [4.69, 9.17) is 10.2 Å². The van der Waals surface area contributed by atoms with Crippen molar-refractivity contribution in [1.29, 1.82) is 0 Å². The number of rotatable bonds is 2. The van der Waals surface area contributed by atoms with Gasteiger partial charge in [0, 0.05) is 16.8 Å².